The fourth-order valence-electron chi connectivity index (χ4n) is 3.20. The van der Waals surface area contributed by atoms with E-state index >= 15 is 0 Å². The zero-order valence-corrected chi connectivity index (χ0v) is 18.3. The molecule has 31 heavy (non-hydrogen) atoms. The van der Waals surface area contributed by atoms with E-state index in [0.29, 0.717) is 32.9 Å². The molecule has 1 atom stereocenters. The molecule has 0 saturated carbocycles. The summed E-state index contributed by atoms with van der Waals surface area (Å²) in [6.45, 7) is 1.68. The van der Waals surface area contributed by atoms with Gasteiger partial charge in [-0.3, -0.25) is 9.59 Å². The van der Waals surface area contributed by atoms with Gasteiger partial charge in [-0.2, -0.15) is 5.26 Å². The molecule has 160 valence electrons. The first-order valence-electron chi connectivity index (χ1n) is 9.07. The lowest BCUT2D eigenvalue weighted by molar-refractivity contribution is -0.115. The van der Waals surface area contributed by atoms with Crippen molar-refractivity contribution < 1.29 is 18.7 Å². The number of dihydropyridines is 1. The van der Waals surface area contributed by atoms with Crippen LogP contribution in [0.4, 0.5) is 5.69 Å². The number of amides is 2. The molecule has 0 aliphatic carbocycles. The molecule has 2 heterocycles. The molecule has 4 N–H and O–H groups in total. The number of hydrogen-bond donors (Lipinski definition) is 3. The Labute approximate surface area is 188 Å². The maximum absolute atomic E-state index is 12.5. The van der Waals surface area contributed by atoms with Gasteiger partial charge in [-0.1, -0.05) is 23.4 Å². The van der Waals surface area contributed by atoms with Crippen molar-refractivity contribution in [1.29, 1.82) is 5.26 Å². The predicted octanol–water partition coefficient (Wildman–Crippen LogP) is 3.49. The van der Waals surface area contributed by atoms with Gasteiger partial charge in [0.2, 0.25) is 11.8 Å². The van der Waals surface area contributed by atoms with E-state index in [0.717, 1.165) is 11.8 Å². The summed E-state index contributed by atoms with van der Waals surface area (Å²) >= 11 is 7.12. The highest BCUT2D eigenvalue weighted by atomic mass is 35.5. The van der Waals surface area contributed by atoms with Crippen LogP contribution in [0.1, 0.15) is 18.6 Å². The molecule has 1 aromatic heterocycles. The fourth-order valence-corrected chi connectivity index (χ4v) is 4.26. The Hall–Kier alpha value is -3.35. The van der Waals surface area contributed by atoms with Crippen molar-refractivity contribution in [3.05, 3.63) is 69.3 Å². The van der Waals surface area contributed by atoms with Gasteiger partial charge >= 0.3 is 0 Å². The van der Waals surface area contributed by atoms with Gasteiger partial charge in [0.05, 0.1) is 53.0 Å². The lowest BCUT2D eigenvalue weighted by atomic mass is 9.86. The molecule has 0 saturated heterocycles. The average Bonchev–Trinajstić information content (AvgIpc) is 3.26. The minimum absolute atomic E-state index is 0.00671. The number of carbonyl (C=O) groups excluding carboxylic acids is 2. The maximum atomic E-state index is 12.5. The third-order valence-corrected chi connectivity index (χ3v) is 5.78. The third kappa shape index (κ3) is 4.87. The number of nitrogens with two attached hydrogens (primary N) is 1. The van der Waals surface area contributed by atoms with E-state index in [1.807, 2.05) is 0 Å². The summed E-state index contributed by atoms with van der Waals surface area (Å²) in [5.74, 6) is -0.858. The third-order valence-electron chi connectivity index (χ3n) is 4.52. The number of thioether (sulfide) groups is 1. The van der Waals surface area contributed by atoms with Gasteiger partial charge in [-0.15, -0.1) is 0 Å². The lowest BCUT2D eigenvalue weighted by Gasteiger charge is -2.27. The van der Waals surface area contributed by atoms with Crippen LogP contribution in [0, 0.1) is 11.3 Å². The monoisotopic (exact) mass is 458 g/mol. The molecular formula is C21H19ClN4O4S. The van der Waals surface area contributed by atoms with Crippen molar-refractivity contribution in [3.8, 4) is 11.8 Å². The summed E-state index contributed by atoms with van der Waals surface area (Å²) in [6.07, 6.45) is 1.46. The second-order valence-corrected chi connectivity index (χ2v) is 7.93. The van der Waals surface area contributed by atoms with E-state index in [-0.39, 0.29) is 22.8 Å². The van der Waals surface area contributed by atoms with Crippen molar-refractivity contribution in [3.63, 3.8) is 0 Å². The number of primary amides is 1. The van der Waals surface area contributed by atoms with Crippen molar-refractivity contribution in [1.82, 2.24) is 5.32 Å². The first-order valence-corrected chi connectivity index (χ1v) is 10.4. The van der Waals surface area contributed by atoms with Crippen LogP contribution in [0.25, 0.3) is 0 Å². The largest absolute Gasteiger partial charge is 0.495 e. The summed E-state index contributed by atoms with van der Waals surface area (Å²) in [4.78, 5) is 24.6. The topological polar surface area (TPSA) is 130 Å². The molecule has 1 aliphatic rings. The van der Waals surface area contributed by atoms with Gasteiger partial charge in [0, 0.05) is 10.7 Å². The maximum Gasteiger partial charge on any atom is 0.247 e. The summed E-state index contributed by atoms with van der Waals surface area (Å²) in [5, 5.41) is 16.5. The van der Waals surface area contributed by atoms with Crippen LogP contribution < -0.4 is 21.1 Å². The minimum Gasteiger partial charge on any atom is -0.495 e. The molecule has 0 unspecified atom stereocenters. The SMILES string of the molecule is COc1ccc(Cl)cc1NC(=O)CSC1=C(C#N)[C@@H](c2ccco2)C(C(N)=O)=C(C)N1. The summed E-state index contributed by atoms with van der Waals surface area (Å²) in [6, 6.07) is 10.3. The Bertz CT molecular complexity index is 1120. The summed E-state index contributed by atoms with van der Waals surface area (Å²) < 4.78 is 10.7. The number of furan rings is 1. The number of nitriles is 1. The van der Waals surface area contributed by atoms with E-state index in [9.17, 15) is 14.9 Å². The number of nitrogens with one attached hydrogen (secondary N) is 2. The van der Waals surface area contributed by atoms with Crippen LogP contribution in [0.2, 0.25) is 5.02 Å². The van der Waals surface area contributed by atoms with Crippen LogP contribution >= 0.6 is 23.4 Å². The molecule has 8 nitrogen and oxygen atoms in total. The molecule has 0 radical (unpaired) electrons. The molecule has 2 amide bonds. The van der Waals surface area contributed by atoms with E-state index < -0.39 is 11.8 Å². The standard InChI is InChI=1S/C21H19ClN4O4S/c1-11-18(20(24)28)19(16-4-3-7-30-16)13(9-23)21(25-11)31-10-17(27)26-14-8-12(22)5-6-15(14)29-2/h3-8,19,25H,10H2,1-2H3,(H2,24,28)(H,26,27)/t19-/m0/s1. The van der Waals surface area contributed by atoms with Gasteiger partial charge in [0.25, 0.3) is 0 Å². The average molecular weight is 459 g/mol. The number of nitrogens with zero attached hydrogens (tertiary/aromatic N) is 1. The number of carbonyl (C=O) groups is 2. The van der Waals surface area contributed by atoms with Crippen LogP contribution in [0.15, 0.2) is 62.9 Å². The lowest BCUT2D eigenvalue weighted by Crippen LogP contribution is -2.31. The normalized spacial score (nSPS) is 15.9. The van der Waals surface area contributed by atoms with Gasteiger partial charge in [-0.05, 0) is 37.3 Å². The Morgan fingerprint density at radius 1 is 1.42 bits per heavy atom. The fraction of sp³-hybridized carbons (Fsp3) is 0.190. The number of benzene rings is 1. The number of rotatable bonds is 7. The number of anilines is 1. The number of halogens is 1. The highest BCUT2D eigenvalue weighted by Gasteiger charge is 2.35. The molecule has 3 rings (SSSR count). The molecule has 1 aliphatic heterocycles. The van der Waals surface area contributed by atoms with Gasteiger partial charge in [0.1, 0.15) is 11.5 Å². The van der Waals surface area contributed by atoms with Gasteiger partial charge in [0.15, 0.2) is 0 Å². The van der Waals surface area contributed by atoms with Crippen molar-refractivity contribution >= 4 is 40.9 Å². The second-order valence-electron chi connectivity index (χ2n) is 6.51. The summed E-state index contributed by atoms with van der Waals surface area (Å²) in [5.41, 5.74) is 6.97. The van der Waals surface area contributed by atoms with Gasteiger partial charge < -0.3 is 25.5 Å². The van der Waals surface area contributed by atoms with E-state index in [2.05, 4.69) is 16.7 Å². The zero-order valence-electron chi connectivity index (χ0n) is 16.7. The molecule has 0 bridgehead atoms. The van der Waals surface area contributed by atoms with Crippen LogP contribution in [0.3, 0.4) is 0 Å². The van der Waals surface area contributed by atoms with Crippen LogP contribution in [-0.4, -0.2) is 24.7 Å². The van der Waals surface area contributed by atoms with Gasteiger partial charge in [-0.25, -0.2) is 0 Å². The van der Waals surface area contributed by atoms with E-state index in [1.54, 1.807) is 37.3 Å². The van der Waals surface area contributed by atoms with E-state index in [1.165, 1.54) is 13.4 Å². The van der Waals surface area contributed by atoms with Crippen LogP contribution in [-0.2, 0) is 9.59 Å². The van der Waals surface area contributed by atoms with Crippen molar-refractivity contribution in [2.75, 3.05) is 18.2 Å². The Morgan fingerprint density at radius 2 is 2.19 bits per heavy atom. The second kappa shape index (κ2) is 9.64. The van der Waals surface area contributed by atoms with Crippen LogP contribution in [0.5, 0.6) is 5.75 Å². The quantitative estimate of drug-likeness (QED) is 0.578. The Morgan fingerprint density at radius 3 is 2.81 bits per heavy atom. The Kier molecular flexibility index (Phi) is 6.95. The summed E-state index contributed by atoms with van der Waals surface area (Å²) in [7, 11) is 1.49. The first kappa shape index (κ1) is 22.3. The highest BCUT2D eigenvalue weighted by molar-refractivity contribution is 8.03. The highest BCUT2D eigenvalue weighted by Crippen LogP contribution is 2.40. The molecule has 0 fully saturated rings. The Balaban J connectivity index is 1.83. The molecule has 10 heteroatoms. The first-order chi connectivity index (χ1) is 14.8. The minimum atomic E-state index is -0.752. The van der Waals surface area contributed by atoms with E-state index in [4.69, 9.17) is 26.5 Å². The van der Waals surface area contributed by atoms with Crippen molar-refractivity contribution in [2.45, 2.75) is 12.8 Å². The smallest absolute Gasteiger partial charge is 0.247 e. The molecular weight excluding hydrogens is 440 g/mol. The number of allylic oxidation sites excluding steroid dienone is 2. The number of hydrogen-bond acceptors (Lipinski definition) is 7. The molecule has 0 spiro atoms. The number of methoxy groups -OCH3 is 1. The zero-order chi connectivity index (χ0) is 22.5. The molecule has 1 aromatic carbocycles. The number of ether oxygens (including phenoxy) is 1. The molecule has 2 aromatic rings. The predicted molar refractivity (Wildman–Crippen MR) is 118 cm³/mol. The van der Waals surface area contributed by atoms with Crippen molar-refractivity contribution in [2.24, 2.45) is 5.73 Å².